The Bertz CT molecular complexity index is 896. The second-order valence-corrected chi connectivity index (χ2v) is 5.11. The molecule has 0 aliphatic carbocycles. The number of nitro benzene ring substituents is 1. The number of H-pyrrole nitrogens is 1. The first kappa shape index (κ1) is 14.7. The molecular weight excluding hydrogens is 296 g/mol. The molecule has 0 spiro atoms. The monoisotopic (exact) mass is 310 g/mol. The molecule has 0 unspecified atom stereocenters. The van der Waals surface area contributed by atoms with E-state index >= 15 is 0 Å². The van der Waals surface area contributed by atoms with Crippen LogP contribution in [-0.4, -0.2) is 20.8 Å². The summed E-state index contributed by atoms with van der Waals surface area (Å²) in [5.74, 6) is 1.01. The third kappa shape index (κ3) is 2.89. The summed E-state index contributed by atoms with van der Waals surface area (Å²) < 4.78 is 5.79. The summed E-state index contributed by atoms with van der Waals surface area (Å²) in [6, 6.07) is 11.9. The Morgan fingerprint density at radius 1 is 1.22 bits per heavy atom. The van der Waals surface area contributed by atoms with Crippen molar-refractivity contribution in [1.29, 1.82) is 0 Å². The van der Waals surface area contributed by atoms with Crippen molar-refractivity contribution in [3.05, 3.63) is 52.6 Å². The predicted molar refractivity (Wildman–Crippen MR) is 87.7 cm³/mol. The maximum Gasteiger partial charge on any atom is 0.312 e. The minimum Gasteiger partial charge on any atom is -0.449 e. The Labute approximate surface area is 131 Å². The topological polar surface area (TPSA) is 93.4 Å². The molecule has 1 N–H and O–H groups in total. The molecule has 3 rings (SSSR count). The van der Waals surface area contributed by atoms with Gasteiger partial charge in [0.1, 0.15) is 5.75 Å². The van der Waals surface area contributed by atoms with Gasteiger partial charge in [-0.2, -0.15) is 5.10 Å². The lowest BCUT2D eigenvalue weighted by Gasteiger charge is -2.07. The number of rotatable bonds is 4. The summed E-state index contributed by atoms with van der Waals surface area (Å²) in [5.41, 5.74) is 1.28. The Morgan fingerprint density at radius 2 is 1.96 bits per heavy atom. The quantitative estimate of drug-likeness (QED) is 0.439. The van der Waals surface area contributed by atoms with Gasteiger partial charge in [0.05, 0.1) is 15.8 Å². The van der Waals surface area contributed by atoms with Crippen LogP contribution < -0.4 is 4.74 Å². The van der Waals surface area contributed by atoms with E-state index in [1.807, 2.05) is 19.9 Å². The summed E-state index contributed by atoms with van der Waals surface area (Å²) in [5, 5.41) is 18.8. The standard InChI is InChI=1S/C16H14N4O3/c1-10(2)17-16-14-12(18-19-16)8-9-13(20(21)22)15(14)23-11-6-4-3-5-7-11/h3-9H,1-2H3,(H,18,19). The maximum atomic E-state index is 11.4. The van der Waals surface area contributed by atoms with E-state index in [9.17, 15) is 10.1 Å². The normalized spacial score (nSPS) is 10.5. The van der Waals surface area contributed by atoms with Gasteiger partial charge in [-0.15, -0.1) is 0 Å². The van der Waals surface area contributed by atoms with Crippen molar-refractivity contribution in [2.75, 3.05) is 0 Å². The highest BCUT2D eigenvalue weighted by Gasteiger charge is 2.23. The van der Waals surface area contributed by atoms with E-state index in [0.29, 0.717) is 22.5 Å². The van der Waals surface area contributed by atoms with Gasteiger partial charge in [0, 0.05) is 11.8 Å². The lowest BCUT2D eigenvalue weighted by Crippen LogP contribution is -1.94. The van der Waals surface area contributed by atoms with E-state index in [1.54, 1.807) is 30.3 Å². The molecule has 0 fully saturated rings. The van der Waals surface area contributed by atoms with Crippen molar-refractivity contribution >= 4 is 28.1 Å². The van der Waals surface area contributed by atoms with Crippen molar-refractivity contribution in [2.45, 2.75) is 13.8 Å². The maximum absolute atomic E-state index is 11.4. The van der Waals surface area contributed by atoms with Crippen LogP contribution in [0.5, 0.6) is 11.5 Å². The number of hydrogen-bond donors (Lipinski definition) is 1. The molecule has 0 amide bonds. The minimum absolute atomic E-state index is 0.132. The highest BCUT2D eigenvalue weighted by atomic mass is 16.6. The molecule has 23 heavy (non-hydrogen) atoms. The third-order valence-corrected chi connectivity index (χ3v) is 3.13. The number of nitro groups is 1. The van der Waals surface area contributed by atoms with E-state index < -0.39 is 4.92 Å². The van der Waals surface area contributed by atoms with Gasteiger partial charge in [-0.25, -0.2) is 4.99 Å². The molecule has 0 aliphatic heterocycles. The van der Waals surface area contributed by atoms with Crippen LogP contribution in [0.25, 0.3) is 10.9 Å². The molecule has 0 atom stereocenters. The first-order valence-corrected chi connectivity index (χ1v) is 6.96. The van der Waals surface area contributed by atoms with Gasteiger partial charge in [-0.1, -0.05) is 18.2 Å². The molecule has 1 aromatic heterocycles. The molecule has 0 radical (unpaired) electrons. The Morgan fingerprint density at radius 3 is 2.61 bits per heavy atom. The zero-order valence-corrected chi connectivity index (χ0v) is 12.6. The number of fused-ring (bicyclic) bond motifs is 1. The Hall–Kier alpha value is -3.22. The fraction of sp³-hybridized carbons (Fsp3) is 0.125. The van der Waals surface area contributed by atoms with Crippen LogP contribution in [0.3, 0.4) is 0 Å². The molecule has 3 aromatic rings. The van der Waals surface area contributed by atoms with Crippen molar-refractivity contribution in [3.8, 4) is 11.5 Å². The van der Waals surface area contributed by atoms with Crippen LogP contribution in [0.4, 0.5) is 11.5 Å². The largest absolute Gasteiger partial charge is 0.449 e. The van der Waals surface area contributed by atoms with Crippen LogP contribution in [0, 0.1) is 10.1 Å². The van der Waals surface area contributed by atoms with Crippen molar-refractivity contribution < 1.29 is 9.66 Å². The zero-order chi connectivity index (χ0) is 16.4. The van der Waals surface area contributed by atoms with Gasteiger partial charge in [0.15, 0.2) is 5.82 Å². The highest BCUT2D eigenvalue weighted by Crippen LogP contribution is 2.41. The van der Waals surface area contributed by atoms with E-state index in [-0.39, 0.29) is 11.4 Å². The molecule has 0 aliphatic rings. The van der Waals surface area contributed by atoms with Gasteiger partial charge in [0.25, 0.3) is 0 Å². The number of aromatic nitrogens is 2. The predicted octanol–water partition coefficient (Wildman–Crippen LogP) is 4.38. The summed E-state index contributed by atoms with van der Waals surface area (Å²) in [4.78, 5) is 15.2. The van der Waals surface area contributed by atoms with Gasteiger partial charge in [-0.3, -0.25) is 15.2 Å². The molecular formula is C16H14N4O3. The second kappa shape index (κ2) is 5.88. The summed E-state index contributed by atoms with van der Waals surface area (Å²) in [6.07, 6.45) is 0. The highest BCUT2D eigenvalue weighted by molar-refractivity contribution is 5.99. The van der Waals surface area contributed by atoms with Crippen molar-refractivity contribution in [3.63, 3.8) is 0 Å². The number of para-hydroxylation sites is 1. The van der Waals surface area contributed by atoms with Crippen LogP contribution >= 0.6 is 0 Å². The molecule has 0 saturated heterocycles. The first-order valence-electron chi connectivity index (χ1n) is 6.96. The van der Waals surface area contributed by atoms with E-state index in [1.165, 1.54) is 6.07 Å². The number of aromatic amines is 1. The molecule has 2 aromatic carbocycles. The lowest BCUT2D eigenvalue weighted by molar-refractivity contribution is -0.385. The van der Waals surface area contributed by atoms with E-state index in [0.717, 1.165) is 5.71 Å². The second-order valence-electron chi connectivity index (χ2n) is 5.11. The SMILES string of the molecule is CC(C)=Nc1n[nH]c2ccc([N+](=O)[O-])c(Oc3ccccc3)c12. The smallest absolute Gasteiger partial charge is 0.312 e. The van der Waals surface area contributed by atoms with Crippen LogP contribution in [0.2, 0.25) is 0 Å². The molecule has 116 valence electrons. The van der Waals surface area contributed by atoms with Crippen LogP contribution in [0.1, 0.15) is 13.8 Å². The Balaban J connectivity index is 2.26. The average Bonchev–Trinajstić information content (AvgIpc) is 2.91. The number of hydrogen-bond acceptors (Lipinski definition) is 5. The fourth-order valence-electron chi connectivity index (χ4n) is 2.20. The minimum atomic E-state index is -0.475. The van der Waals surface area contributed by atoms with Crippen LogP contribution in [0.15, 0.2) is 47.5 Å². The molecule has 7 heteroatoms. The number of ether oxygens (including phenoxy) is 1. The lowest BCUT2D eigenvalue weighted by atomic mass is 10.2. The van der Waals surface area contributed by atoms with Gasteiger partial charge >= 0.3 is 5.69 Å². The van der Waals surface area contributed by atoms with Crippen molar-refractivity contribution in [2.24, 2.45) is 4.99 Å². The molecule has 1 heterocycles. The van der Waals surface area contributed by atoms with Gasteiger partial charge in [0.2, 0.25) is 5.75 Å². The summed E-state index contributed by atoms with van der Waals surface area (Å²) in [7, 11) is 0. The van der Waals surface area contributed by atoms with Crippen LogP contribution in [-0.2, 0) is 0 Å². The summed E-state index contributed by atoms with van der Waals surface area (Å²) >= 11 is 0. The van der Waals surface area contributed by atoms with Gasteiger partial charge in [-0.05, 0) is 32.0 Å². The molecule has 0 saturated carbocycles. The molecule has 7 nitrogen and oxygen atoms in total. The Kier molecular flexibility index (Phi) is 3.76. The zero-order valence-electron chi connectivity index (χ0n) is 12.6. The van der Waals surface area contributed by atoms with E-state index in [2.05, 4.69) is 15.2 Å². The third-order valence-electron chi connectivity index (χ3n) is 3.13. The summed E-state index contributed by atoms with van der Waals surface area (Å²) in [6.45, 7) is 3.66. The molecule has 0 bridgehead atoms. The number of benzene rings is 2. The number of aliphatic imine (C=N–C) groups is 1. The van der Waals surface area contributed by atoms with Crippen molar-refractivity contribution in [1.82, 2.24) is 10.2 Å². The first-order chi connectivity index (χ1) is 11.1. The van der Waals surface area contributed by atoms with Gasteiger partial charge < -0.3 is 4.74 Å². The number of nitrogens with one attached hydrogen (secondary N) is 1. The van der Waals surface area contributed by atoms with E-state index in [4.69, 9.17) is 4.74 Å². The average molecular weight is 310 g/mol. The number of nitrogens with zero attached hydrogens (tertiary/aromatic N) is 3. The fourth-order valence-corrected chi connectivity index (χ4v) is 2.20.